The van der Waals surface area contributed by atoms with Gasteiger partial charge >= 0.3 is 5.97 Å². The maximum absolute atomic E-state index is 11.0. The van der Waals surface area contributed by atoms with Crippen molar-refractivity contribution in [3.05, 3.63) is 34.3 Å². The fourth-order valence-corrected chi connectivity index (χ4v) is 2.06. The minimum atomic E-state index is -1.05. The number of rotatable bonds is 3. The molecule has 0 saturated carbocycles. The zero-order valence-electron chi connectivity index (χ0n) is 7.01. The molecule has 0 saturated heterocycles. The predicted octanol–water partition coefficient (Wildman–Crippen LogP) is 3.52. The highest BCUT2D eigenvalue weighted by Gasteiger charge is 2.36. The van der Waals surface area contributed by atoms with E-state index >= 15 is 0 Å². The summed E-state index contributed by atoms with van der Waals surface area (Å²) in [6.07, 6.45) is 0. The molecule has 0 fully saturated rings. The molecule has 0 aliphatic rings. The van der Waals surface area contributed by atoms with Gasteiger partial charge in [-0.2, -0.15) is 0 Å². The molecule has 14 heavy (non-hydrogen) atoms. The Labute approximate surface area is 107 Å². The summed E-state index contributed by atoms with van der Waals surface area (Å²) in [5.41, 5.74) is 0.713. The topological polar surface area (TPSA) is 37.3 Å². The second kappa shape index (κ2) is 4.77. The summed E-state index contributed by atoms with van der Waals surface area (Å²) >= 11 is 9.70. The number of aliphatic carboxylic acids is 1. The van der Waals surface area contributed by atoms with E-state index in [2.05, 4.69) is 47.8 Å². The van der Waals surface area contributed by atoms with E-state index in [1.165, 1.54) is 0 Å². The van der Waals surface area contributed by atoms with E-state index in [-0.39, 0.29) is 0 Å². The second-order valence-corrected chi connectivity index (χ2v) is 5.58. The van der Waals surface area contributed by atoms with Gasteiger partial charge in [-0.25, -0.2) is 0 Å². The zero-order valence-corrected chi connectivity index (χ0v) is 11.8. The van der Waals surface area contributed by atoms with E-state index in [1.54, 1.807) is 12.1 Å². The summed E-state index contributed by atoms with van der Waals surface area (Å²) in [6, 6.07) is 7.18. The number of hydrogen-bond donors (Lipinski definition) is 1. The van der Waals surface area contributed by atoms with E-state index < -0.39 is 10.3 Å². The van der Waals surface area contributed by atoms with Gasteiger partial charge in [0.2, 0.25) is 0 Å². The van der Waals surface area contributed by atoms with Crippen LogP contribution in [0.15, 0.2) is 28.7 Å². The third-order valence-electron chi connectivity index (χ3n) is 1.82. The van der Waals surface area contributed by atoms with Gasteiger partial charge in [0.25, 0.3) is 0 Å². The first-order valence-corrected chi connectivity index (χ1v) is 6.46. The minimum Gasteiger partial charge on any atom is -0.480 e. The maximum Gasteiger partial charge on any atom is 0.325 e. The van der Waals surface area contributed by atoms with E-state index in [1.807, 2.05) is 12.1 Å². The second-order valence-electron chi connectivity index (χ2n) is 2.75. The van der Waals surface area contributed by atoms with E-state index in [0.717, 1.165) is 4.47 Å². The Bertz CT molecular complexity index is 336. The monoisotopic (exact) mass is 384 g/mol. The van der Waals surface area contributed by atoms with Crippen LogP contribution in [-0.4, -0.2) is 16.4 Å². The van der Waals surface area contributed by atoms with Gasteiger partial charge in [-0.05, 0) is 17.7 Å². The molecule has 1 rings (SSSR count). The molecule has 0 radical (unpaired) electrons. The zero-order chi connectivity index (χ0) is 10.8. The molecule has 0 aromatic heterocycles. The van der Waals surface area contributed by atoms with Crippen LogP contribution in [0.1, 0.15) is 5.56 Å². The van der Waals surface area contributed by atoms with Crippen LogP contribution < -0.4 is 0 Å². The number of carboxylic acids is 1. The summed E-state index contributed by atoms with van der Waals surface area (Å²) in [6.45, 7) is 0. The molecule has 0 aliphatic carbocycles. The standard InChI is InChI=1S/C9H7Br3O2/c10-5-9(12,8(13)14)6-1-3-7(11)4-2-6/h1-4H,5H2,(H,13,14)/t9-/m0/s1. The third-order valence-corrected chi connectivity index (χ3v) is 5.02. The average molecular weight is 387 g/mol. The lowest BCUT2D eigenvalue weighted by atomic mass is 10.0. The van der Waals surface area contributed by atoms with Crippen LogP contribution in [0.25, 0.3) is 0 Å². The molecule has 1 atom stereocenters. The number of benzene rings is 1. The molecule has 0 aliphatic heterocycles. The summed E-state index contributed by atoms with van der Waals surface area (Å²) < 4.78 is -0.121. The van der Waals surface area contributed by atoms with Gasteiger partial charge in [0.15, 0.2) is 4.32 Å². The number of carboxylic acid groups (broad SMARTS) is 1. The molecule has 5 heteroatoms. The SMILES string of the molecule is O=C(O)[C@](Br)(CBr)c1ccc(Br)cc1. The van der Waals surface area contributed by atoms with Gasteiger partial charge in [-0.3, -0.25) is 4.79 Å². The number of carbonyl (C=O) groups is 1. The smallest absolute Gasteiger partial charge is 0.325 e. The molecule has 1 aromatic carbocycles. The quantitative estimate of drug-likeness (QED) is 0.807. The van der Waals surface area contributed by atoms with Gasteiger partial charge < -0.3 is 5.11 Å². The summed E-state index contributed by atoms with van der Waals surface area (Å²) in [5.74, 6) is -0.906. The third kappa shape index (κ3) is 2.38. The first-order valence-electron chi connectivity index (χ1n) is 3.75. The van der Waals surface area contributed by atoms with Gasteiger partial charge in [-0.15, -0.1) is 0 Å². The lowest BCUT2D eigenvalue weighted by Crippen LogP contribution is -2.30. The number of alkyl halides is 2. The Morgan fingerprint density at radius 2 is 1.86 bits per heavy atom. The van der Waals surface area contributed by atoms with Crippen molar-refractivity contribution in [2.45, 2.75) is 4.32 Å². The van der Waals surface area contributed by atoms with E-state index in [4.69, 9.17) is 5.11 Å². The van der Waals surface area contributed by atoms with Crippen molar-refractivity contribution in [1.29, 1.82) is 0 Å². The van der Waals surface area contributed by atoms with E-state index in [0.29, 0.717) is 10.9 Å². The molecular formula is C9H7Br3O2. The highest BCUT2D eigenvalue weighted by Crippen LogP contribution is 2.34. The van der Waals surface area contributed by atoms with Gasteiger partial charge in [0.05, 0.1) is 0 Å². The van der Waals surface area contributed by atoms with Crippen molar-refractivity contribution in [3.63, 3.8) is 0 Å². The van der Waals surface area contributed by atoms with Crippen LogP contribution >= 0.6 is 47.8 Å². The van der Waals surface area contributed by atoms with Crippen molar-refractivity contribution in [3.8, 4) is 0 Å². The van der Waals surface area contributed by atoms with Crippen LogP contribution in [0.5, 0.6) is 0 Å². The molecule has 0 bridgehead atoms. The Morgan fingerprint density at radius 1 is 1.36 bits per heavy atom. The highest BCUT2D eigenvalue weighted by atomic mass is 79.9. The van der Waals surface area contributed by atoms with Crippen molar-refractivity contribution >= 4 is 53.8 Å². The van der Waals surface area contributed by atoms with Crippen LogP contribution in [-0.2, 0) is 9.12 Å². The average Bonchev–Trinajstić information content (AvgIpc) is 2.17. The Hall–Kier alpha value is 0.130. The van der Waals surface area contributed by atoms with Gasteiger partial charge in [0, 0.05) is 9.80 Å². The Morgan fingerprint density at radius 3 is 2.21 bits per heavy atom. The molecule has 76 valence electrons. The minimum absolute atomic E-state index is 0.316. The van der Waals surface area contributed by atoms with Crippen LogP contribution in [0.2, 0.25) is 0 Å². The van der Waals surface area contributed by atoms with Gasteiger partial charge in [0.1, 0.15) is 0 Å². The number of hydrogen-bond acceptors (Lipinski definition) is 1. The Balaban J connectivity index is 3.13. The summed E-state index contributed by atoms with van der Waals surface area (Å²) in [5, 5.41) is 9.38. The molecule has 2 nitrogen and oxygen atoms in total. The number of halogens is 3. The van der Waals surface area contributed by atoms with Crippen molar-refractivity contribution < 1.29 is 9.90 Å². The largest absolute Gasteiger partial charge is 0.480 e. The van der Waals surface area contributed by atoms with Crippen LogP contribution in [0, 0.1) is 0 Å². The molecule has 1 aromatic rings. The fraction of sp³-hybridized carbons (Fsp3) is 0.222. The maximum atomic E-state index is 11.0. The molecule has 0 heterocycles. The van der Waals surface area contributed by atoms with Crippen molar-refractivity contribution in [2.75, 3.05) is 5.33 Å². The van der Waals surface area contributed by atoms with E-state index in [9.17, 15) is 4.79 Å². The van der Waals surface area contributed by atoms with Crippen molar-refractivity contribution in [2.24, 2.45) is 0 Å². The lowest BCUT2D eigenvalue weighted by molar-refractivity contribution is -0.139. The first kappa shape index (κ1) is 12.2. The van der Waals surface area contributed by atoms with Crippen molar-refractivity contribution in [1.82, 2.24) is 0 Å². The normalized spacial score (nSPS) is 14.8. The lowest BCUT2D eigenvalue weighted by Gasteiger charge is -2.20. The summed E-state index contributed by atoms with van der Waals surface area (Å²) in [7, 11) is 0. The molecular weight excluding hydrogens is 380 g/mol. The molecule has 0 amide bonds. The predicted molar refractivity (Wildman–Crippen MR) is 66.2 cm³/mol. The molecule has 1 N–H and O–H groups in total. The summed E-state index contributed by atoms with van der Waals surface area (Å²) in [4.78, 5) is 11.0. The Kier molecular flexibility index (Phi) is 4.15. The van der Waals surface area contributed by atoms with Crippen LogP contribution in [0.3, 0.4) is 0 Å². The van der Waals surface area contributed by atoms with Crippen LogP contribution in [0.4, 0.5) is 0 Å². The highest BCUT2D eigenvalue weighted by molar-refractivity contribution is 9.12. The first-order chi connectivity index (χ1) is 6.50. The molecule has 0 unspecified atom stereocenters. The van der Waals surface area contributed by atoms with Gasteiger partial charge in [-0.1, -0.05) is 59.9 Å². The molecule has 0 spiro atoms. The fourth-order valence-electron chi connectivity index (χ4n) is 0.972.